The minimum absolute atomic E-state index is 0.0485. The van der Waals surface area contributed by atoms with Crippen molar-refractivity contribution in [2.45, 2.75) is 32.2 Å². The van der Waals surface area contributed by atoms with Crippen molar-refractivity contribution in [1.82, 2.24) is 20.3 Å². The zero-order valence-corrected chi connectivity index (χ0v) is 10.9. The number of nitrogens with one attached hydrogen (secondary N) is 1. The molecule has 3 N–H and O–H groups in total. The van der Waals surface area contributed by atoms with Crippen LogP contribution in [0, 0.1) is 5.41 Å². The van der Waals surface area contributed by atoms with E-state index in [0.29, 0.717) is 18.1 Å². The first-order valence-corrected chi connectivity index (χ1v) is 6.48. The van der Waals surface area contributed by atoms with Gasteiger partial charge in [-0.15, -0.1) is 5.10 Å². The molecule has 0 bridgehead atoms. The molecule has 6 nitrogen and oxygen atoms in total. The lowest BCUT2D eigenvalue weighted by molar-refractivity contribution is -0.127. The van der Waals surface area contributed by atoms with Crippen LogP contribution in [0.3, 0.4) is 0 Å². The predicted molar refractivity (Wildman–Crippen MR) is 70.7 cm³/mol. The van der Waals surface area contributed by atoms with Crippen LogP contribution in [0.4, 0.5) is 0 Å². The van der Waals surface area contributed by atoms with Crippen molar-refractivity contribution in [3.63, 3.8) is 0 Å². The van der Waals surface area contributed by atoms with E-state index in [1.807, 2.05) is 0 Å². The quantitative estimate of drug-likeness (QED) is 0.746. The van der Waals surface area contributed by atoms with E-state index in [0.717, 1.165) is 25.7 Å². The molecule has 1 aliphatic carbocycles. The fourth-order valence-electron chi connectivity index (χ4n) is 2.37. The molecule has 1 saturated carbocycles. The summed E-state index contributed by atoms with van der Waals surface area (Å²) in [7, 11) is 0. The Balaban J connectivity index is 1.88. The van der Waals surface area contributed by atoms with Crippen LogP contribution in [0.25, 0.3) is 0 Å². The number of thiocarbonyl (C=S) groups is 1. The predicted octanol–water partition coefficient (Wildman–Crippen LogP) is 0.241. The zero-order chi connectivity index (χ0) is 13.0. The summed E-state index contributed by atoms with van der Waals surface area (Å²) in [6, 6.07) is 0. The van der Waals surface area contributed by atoms with Crippen LogP contribution in [0.15, 0.2) is 12.4 Å². The summed E-state index contributed by atoms with van der Waals surface area (Å²) in [6.07, 6.45) is 6.90. The van der Waals surface area contributed by atoms with Gasteiger partial charge in [-0.2, -0.15) is 0 Å². The second-order valence-corrected chi connectivity index (χ2v) is 5.02. The molecule has 1 aliphatic rings. The van der Waals surface area contributed by atoms with Gasteiger partial charge >= 0.3 is 0 Å². The third kappa shape index (κ3) is 2.50. The molecule has 0 saturated heterocycles. The summed E-state index contributed by atoms with van der Waals surface area (Å²) in [5.74, 6) is -0.0485. The molecule has 0 spiro atoms. The Kier molecular flexibility index (Phi) is 3.90. The van der Waals surface area contributed by atoms with Crippen molar-refractivity contribution in [3.8, 4) is 0 Å². The van der Waals surface area contributed by atoms with Gasteiger partial charge in [-0.3, -0.25) is 9.48 Å². The lowest BCUT2D eigenvalue weighted by Gasteiger charge is -2.26. The molecule has 0 atom stereocenters. The van der Waals surface area contributed by atoms with Crippen molar-refractivity contribution < 1.29 is 4.79 Å². The smallest absolute Gasteiger partial charge is 0.233 e. The maximum atomic E-state index is 12.2. The number of amides is 1. The number of hydrogen-bond donors (Lipinski definition) is 2. The lowest BCUT2D eigenvalue weighted by Crippen LogP contribution is -2.47. The highest BCUT2D eigenvalue weighted by atomic mass is 32.1. The second kappa shape index (κ2) is 5.43. The molecule has 0 unspecified atom stereocenters. The van der Waals surface area contributed by atoms with Crippen LogP contribution in [-0.2, 0) is 11.3 Å². The number of carbonyl (C=O) groups excluding carboxylic acids is 1. The molecule has 1 amide bonds. The Morgan fingerprint density at radius 1 is 1.50 bits per heavy atom. The number of nitrogens with two attached hydrogens (primary N) is 1. The van der Waals surface area contributed by atoms with Crippen molar-refractivity contribution in [1.29, 1.82) is 0 Å². The lowest BCUT2D eigenvalue weighted by atomic mass is 9.85. The van der Waals surface area contributed by atoms with E-state index in [4.69, 9.17) is 18.0 Å². The Hall–Kier alpha value is -1.50. The van der Waals surface area contributed by atoms with Gasteiger partial charge in [-0.05, 0) is 12.8 Å². The number of aromatic nitrogens is 3. The Bertz CT molecular complexity index is 425. The minimum atomic E-state index is -0.627. The maximum absolute atomic E-state index is 12.2. The van der Waals surface area contributed by atoms with E-state index in [1.165, 1.54) is 0 Å². The number of carbonyl (C=O) groups is 1. The van der Waals surface area contributed by atoms with Crippen molar-refractivity contribution >= 4 is 23.1 Å². The van der Waals surface area contributed by atoms with Gasteiger partial charge in [0.2, 0.25) is 5.91 Å². The molecule has 0 aliphatic heterocycles. The van der Waals surface area contributed by atoms with E-state index >= 15 is 0 Å². The van der Waals surface area contributed by atoms with E-state index in [2.05, 4.69) is 15.6 Å². The second-order valence-electron chi connectivity index (χ2n) is 4.58. The maximum Gasteiger partial charge on any atom is 0.233 e. The molecule has 98 valence electrons. The fraction of sp³-hybridized carbons (Fsp3) is 0.636. The standard InChI is InChI=1S/C11H17N5OS/c12-9(18)11(3-1-2-4-11)10(17)13-5-7-16-8-6-14-15-16/h6,8H,1-5,7H2,(H2,12,18)(H,13,17). The van der Waals surface area contributed by atoms with Crippen LogP contribution in [0.5, 0.6) is 0 Å². The molecule has 18 heavy (non-hydrogen) atoms. The molecular formula is C11H17N5OS. The topological polar surface area (TPSA) is 85.8 Å². The van der Waals surface area contributed by atoms with Gasteiger partial charge in [0.05, 0.1) is 23.1 Å². The number of hydrogen-bond acceptors (Lipinski definition) is 4. The van der Waals surface area contributed by atoms with Gasteiger partial charge in [0.15, 0.2) is 0 Å². The molecular weight excluding hydrogens is 250 g/mol. The summed E-state index contributed by atoms with van der Waals surface area (Å²) < 4.78 is 1.67. The van der Waals surface area contributed by atoms with Crippen LogP contribution in [-0.4, -0.2) is 32.4 Å². The molecule has 1 fully saturated rings. The Labute approximate surface area is 111 Å². The van der Waals surface area contributed by atoms with Crippen molar-refractivity contribution in [2.75, 3.05) is 6.54 Å². The minimum Gasteiger partial charge on any atom is -0.392 e. The highest BCUT2D eigenvalue weighted by molar-refractivity contribution is 7.80. The Morgan fingerprint density at radius 2 is 2.22 bits per heavy atom. The summed E-state index contributed by atoms with van der Waals surface area (Å²) in [6.45, 7) is 1.10. The average molecular weight is 267 g/mol. The molecule has 7 heteroatoms. The van der Waals surface area contributed by atoms with Gasteiger partial charge in [0.25, 0.3) is 0 Å². The van der Waals surface area contributed by atoms with E-state index in [9.17, 15) is 4.79 Å². The highest BCUT2D eigenvalue weighted by Crippen LogP contribution is 2.38. The van der Waals surface area contributed by atoms with Gasteiger partial charge in [-0.1, -0.05) is 30.3 Å². The molecule has 0 radical (unpaired) electrons. The number of nitrogens with zero attached hydrogens (tertiary/aromatic N) is 3. The zero-order valence-electron chi connectivity index (χ0n) is 10.1. The molecule has 2 rings (SSSR count). The van der Waals surface area contributed by atoms with E-state index in [1.54, 1.807) is 17.1 Å². The summed E-state index contributed by atoms with van der Waals surface area (Å²) in [5, 5.41) is 10.4. The van der Waals surface area contributed by atoms with E-state index in [-0.39, 0.29) is 5.91 Å². The van der Waals surface area contributed by atoms with Gasteiger partial charge in [0.1, 0.15) is 0 Å². The van der Waals surface area contributed by atoms with Crippen LogP contribution in [0.1, 0.15) is 25.7 Å². The van der Waals surface area contributed by atoms with Crippen LogP contribution in [0.2, 0.25) is 0 Å². The third-order valence-corrected chi connectivity index (χ3v) is 3.85. The largest absolute Gasteiger partial charge is 0.392 e. The van der Waals surface area contributed by atoms with Crippen molar-refractivity contribution in [2.24, 2.45) is 11.1 Å². The normalized spacial score (nSPS) is 17.6. The third-order valence-electron chi connectivity index (χ3n) is 3.46. The monoisotopic (exact) mass is 267 g/mol. The van der Waals surface area contributed by atoms with Crippen molar-refractivity contribution in [3.05, 3.63) is 12.4 Å². The summed E-state index contributed by atoms with van der Waals surface area (Å²) >= 11 is 5.06. The average Bonchev–Trinajstić information content (AvgIpc) is 3.00. The molecule has 1 heterocycles. The first-order valence-electron chi connectivity index (χ1n) is 6.07. The summed E-state index contributed by atoms with van der Waals surface area (Å²) in [5.41, 5.74) is 5.12. The highest BCUT2D eigenvalue weighted by Gasteiger charge is 2.43. The van der Waals surface area contributed by atoms with Gasteiger partial charge < -0.3 is 11.1 Å². The van der Waals surface area contributed by atoms with Gasteiger partial charge in [-0.25, -0.2) is 0 Å². The van der Waals surface area contributed by atoms with E-state index < -0.39 is 5.41 Å². The molecule has 1 aromatic rings. The molecule has 0 aromatic carbocycles. The molecule has 1 aromatic heterocycles. The number of rotatable bonds is 5. The fourth-order valence-corrected chi connectivity index (χ4v) is 2.67. The SMILES string of the molecule is NC(=S)C1(C(=O)NCCn2ccnn2)CCCC1. The Morgan fingerprint density at radius 3 is 2.78 bits per heavy atom. The van der Waals surface area contributed by atoms with Crippen LogP contribution < -0.4 is 11.1 Å². The first kappa shape index (κ1) is 12.9. The van der Waals surface area contributed by atoms with Gasteiger partial charge in [0, 0.05) is 12.7 Å². The summed E-state index contributed by atoms with van der Waals surface area (Å²) in [4.78, 5) is 12.5. The first-order chi connectivity index (χ1) is 8.65. The van der Waals surface area contributed by atoms with Crippen LogP contribution >= 0.6 is 12.2 Å².